The lowest BCUT2D eigenvalue weighted by Crippen LogP contribution is -2.54. The van der Waals surface area contributed by atoms with E-state index < -0.39 is 22.8 Å². The Morgan fingerprint density at radius 3 is 2.37 bits per heavy atom. The third-order valence-electron chi connectivity index (χ3n) is 5.68. The number of carbonyl (C=O) groups excluding carboxylic acids is 3. The molecule has 1 aromatic heterocycles. The van der Waals surface area contributed by atoms with Crippen LogP contribution in [0.15, 0.2) is 48.0 Å². The Hall–Kier alpha value is -3.95. The minimum atomic E-state index is -0.937. The summed E-state index contributed by atoms with van der Waals surface area (Å²) in [7, 11) is 0. The molecule has 9 nitrogen and oxygen atoms in total. The van der Waals surface area contributed by atoms with Gasteiger partial charge in [0.15, 0.2) is 0 Å². The van der Waals surface area contributed by atoms with Crippen molar-refractivity contribution in [3.63, 3.8) is 0 Å². The number of non-ortho nitro benzene ring substituents is 1. The number of anilines is 1. The normalized spacial score (nSPS) is 15.1. The first-order valence-corrected chi connectivity index (χ1v) is 11.1. The summed E-state index contributed by atoms with van der Waals surface area (Å²) in [5, 5.41) is 13.4. The van der Waals surface area contributed by atoms with E-state index >= 15 is 0 Å². The zero-order chi connectivity index (χ0) is 25.6. The molecule has 11 heteroatoms. The van der Waals surface area contributed by atoms with Gasteiger partial charge in [-0.05, 0) is 62.2 Å². The van der Waals surface area contributed by atoms with Crippen LogP contribution in [0.2, 0.25) is 10.0 Å². The van der Waals surface area contributed by atoms with Crippen molar-refractivity contribution >= 4 is 58.5 Å². The predicted octanol–water partition coefficient (Wildman–Crippen LogP) is 5.28. The lowest BCUT2D eigenvalue weighted by Gasteiger charge is -2.27. The van der Waals surface area contributed by atoms with Gasteiger partial charge in [-0.2, -0.15) is 0 Å². The number of urea groups is 1. The number of aryl methyl sites for hydroxylation is 2. The van der Waals surface area contributed by atoms with E-state index in [9.17, 15) is 24.5 Å². The molecule has 3 aromatic rings. The average molecular weight is 513 g/mol. The molecular weight excluding hydrogens is 495 g/mol. The van der Waals surface area contributed by atoms with E-state index in [1.807, 2.05) is 11.5 Å². The molecular formula is C24H18Cl2N4O5. The van der Waals surface area contributed by atoms with E-state index in [2.05, 4.69) is 5.32 Å². The maximum absolute atomic E-state index is 13.2. The summed E-state index contributed by atoms with van der Waals surface area (Å²) in [6, 6.07) is 9.86. The van der Waals surface area contributed by atoms with Crippen LogP contribution >= 0.6 is 23.2 Å². The molecule has 1 fully saturated rings. The number of hydrogen-bond acceptors (Lipinski definition) is 5. The monoisotopic (exact) mass is 512 g/mol. The number of amides is 4. The van der Waals surface area contributed by atoms with E-state index in [0.29, 0.717) is 16.8 Å². The largest absolute Gasteiger partial charge is 0.336 e. The SMILES string of the molecule is Cc1cc([N+](=O)[O-])ccc1-n1c(C)cc(/C=C2/C(=O)NC(=O)N(c3cccc(Cl)c3Cl)C2=O)c1C. The van der Waals surface area contributed by atoms with Crippen molar-refractivity contribution in [3.05, 3.63) is 90.7 Å². The second-order valence-corrected chi connectivity index (χ2v) is 8.71. The number of barbiturate groups is 1. The van der Waals surface area contributed by atoms with Crippen molar-refractivity contribution in [2.75, 3.05) is 4.90 Å². The van der Waals surface area contributed by atoms with E-state index in [1.54, 1.807) is 26.0 Å². The lowest BCUT2D eigenvalue weighted by atomic mass is 10.1. The number of benzene rings is 2. The molecule has 0 saturated carbocycles. The third kappa shape index (κ3) is 4.20. The molecule has 2 heterocycles. The molecule has 0 bridgehead atoms. The maximum Gasteiger partial charge on any atom is 0.336 e. The number of aromatic nitrogens is 1. The van der Waals surface area contributed by atoms with E-state index in [1.165, 1.54) is 36.4 Å². The van der Waals surface area contributed by atoms with Gasteiger partial charge in [-0.15, -0.1) is 0 Å². The summed E-state index contributed by atoms with van der Waals surface area (Å²) in [6.07, 6.45) is 1.40. The van der Waals surface area contributed by atoms with Crippen LogP contribution in [-0.2, 0) is 9.59 Å². The Morgan fingerprint density at radius 2 is 1.71 bits per heavy atom. The van der Waals surface area contributed by atoms with Crippen LogP contribution in [0.3, 0.4) is 0 Å². The number of rotatable bonds is 4. The van der Waals surface area contributed by atoms with E-state index in [4.69, 9.17) is 23.2 Å². The smallest absolute Gasteiger partial charge is 0.318 e. The molecule has 0 unspecified atom stereocenters. The van der Waals surface area contributed by atoms with Crippen LogP contribution in [0.1, 0.15) is 22.5 Å². The van der Waals surface area contributed by atoms with Gasteiger partial charge in [-0.25, -0.2) is 9.69 Å². The number of nitro benzene ring substituents is 1. The van der Waals surface area contributed by atoms with Crippen LogP contribution in [0.5, 0.6) is 0 Å². The molecule has 1 saturated heterocycles. The zero-order valence-corrected chi connectivity index (χ0v) is 20.3. The van der Waals surface area contributed by atoms with Crippen LogP contribution in [-0.4, -0.2) is 27.3 Å². The zero-order valence-electron chi connectivity index (χ0n) is 18.8. The molecule has 1 N–H and O–H groups in total. The van der Waals surface area contributed by atoms with Gasteiger partial charge in [-0.1, -0.05) is 29.3 Å². The molecule has 0 aliphatic carbocycles. The van der Waals surface area contributed by atoms with Gasteiger partial charge in [0.25, 0.3) is 17.5 Å². The summed E-state index contributed by atoms with van der Waals surface area (Å²) in [6.45, 7) is 5.39. The minimum Gasteiger partial charge on any atom is -0.318 e. The van der Waals surface area contributed by atoms with Crippen LogP contribution in [0.4, 0.5) is 16.2 Å². The van der Waals surface area contributed by atoms with Gasteiger partial charge in [0.05, 0.1) is 20.7 Å². The average Bonchev–Trinajstić information content (AvgIpc) is 3.06. The van der Waals surface area contributed by atoms with Crippen LogP contribution in [0, 0.1) is 30.9 Å². The fourth-order valence-electron chi connectivity index (χ4n) is 4.01. The van der Waals surface area contributed by atoms with Gasteiger partial charge in [-0.3, -0.25) is 25.0 Å². The van der Waals surface area contributed by atoms with Crippen molar-refractivity contribution in [1.29, 1.82) is 0 Å². The van der Waals surface area contributed by atoms with E-state index in [0.717, 1.165) is 16.3 Å². The highest BCUT2D eigenvalue weighted by molar-refractivity contribution is 6.46. The Labute approximate surface area is 209 Å². The standard InChI is InChI=1S/C24H18Cl2N4O5/c1-12-9-16(30(34)35)7-8-19(12)28-13(2)10-15(14(28)3)11-17-22(31)27-24(33)29(23(17)32)20-6-4-5-18(25)21(20)26/h4-11H,1-3H3,(H,27,31,33)/b17-11-. The summed E-state index contributed by atoms with van der Waals surface area (Å²) in [5.41, 5.74) is 3.19. The molecule has 35 heavy (non-hydrogen) atoms. The second-order valence-electron chi connectivity index (χ2n) is 7.92. The summed E-state index contributed by atoms with van der Waals surface area (Å²) in [5.74, 6) is -1.69. The van der Waals surface area contributed by atoms with Crippen molar-refractivity contribution in [2.45, 2.75) is 20.8 Å². The number of imide groups is 2. The van der Waals surface area contributed by atoms with E-state index in [-0.39, 0.29) is 27.0 Å². The molecule has 4 rings (SSSR count). The first-order chi connectivity index (χ1) is 16.5. The number of carbonyl (C=O) groups is 3. The molecule has 0 radical (unpaired) electrons. The highest BCUT2D eigenvalue weighted by atomic mass is 35.5. The van der Waals surface area contributed by atoms with Crippen molar-refractivity contribution in [2.24, 2.45) is 0 Å². The van der Waals surface area contributed by atoms with Crippen molar-refractivity contribution in [1.82, 2.24) is 9.88 Å². The lowest BCUT2D eigenvalue weighted by molar-refractivity contribution is -0.384. The number of nitro groups is 1. The number of hydrogen-bond donors (Lipinski definition) is 1. The van der Waals surface area contributed by atoms with Crippen molar-refractivity contribution in [3.8, 4) is 5.69 Å². The fourth-order valence-corrected chi connectivity index (χ4v) is 4.39. The fraction of sp³-hybridized carbons (Fsp3) is 0.125. The van der Waals surface area contributed by atoms with Gasteiger partial charge >= 0.3 is 6.03 Å². The molecule has 4 amide bonds. The Bertz CT molecular complexity index is 1470. The highest BCUT2D eigenvalue weighted by Gasteiger charge is 2.38. The molecule has 2 aromatic carbocycles. The molecule has 178 valence electrons. The summed E-state index contributed by atoms with van der Waals surface area (Å²) in [4.78, 5) is 49.7. The number of nitrogens with zero attached hydrogens (tertiary/aromatic N) is 3. The second kappa shape index (κ2) is 9.01. The highest BCUT2D eigenvalue weighted by Crippen LogP contribution is 2.35. The topological polar surface area (TPSA) is 115 Å². The molecule has 1 aliphatic heterocycles. The first-order valence-electron chi connectivity index (χ1n) is 10.3. The Balaban J connectivity index is 1.79. The number of nitrogens with one attached hydrogen (secondary N) is 1. The predicted molar refractivity (Wildman–Crippen MR) is 132 cm³/mol. The van der Waals surface area contributed by atoms with Crippen LogP contribution in [0.25, 0.3) is 11.8 Å². The van der Waals surface area contributed by atoms with Crippen molar-refractivity contribution < 1.29 is 19.3 Å². The van der Waals surface area contributed by atoms with Gasteiger partial charge in [0.1, 0.15) is 5.57 Å². The van der Waals surface area contributed by atoms with Gasteiger partial charge in [0, 0.05) is 29.2 Å². The van der Waals surface area contributed by atoms with Crippen LogP contribution < -0.4 is 10.2 Å². The quantitative estimate of drug-likeness (QED) is 0.221. The summed E-state index contributed by atoms with van der Waals surface area (Å²) >= 11 is 12.2. The molecule has 0 spiro atoms. The minimum absolute atomic E-state index is 0.00168. The first kappa shape index (κ1) is 24.2. The van der Waals surface area contributed by atoms with Gasteiger partial charge in [0.2, 0.25) is 0 Å². The Morgan fingerprint density at radius 1 is 1.00 bits per heavy atom. The molecule has 1 aliphatic rings. The van der Waals surface area contributed by atoms with Gasteiger partial charge < -0.3 is 4.57 Å². The third-order valence-corrected chi connectivity index (χ3v) is 6.48. The number of halogens is 2. The molecule has 0 atom stereocenters. The summed E-state index contributed by atoms with van der Waals surface area (Å²) < 4.78 is 1.87. The maximum atomic E-state index is 13.2. The Kier molecular flexibility index (Phi) is 6.23.